The molecule has 612 valence electrons. The monoisotopic (exact) mass is 1550 g/mol. The summed E-state index contributed by atoms with van der Waals surface area (Å²) in [4.78, 5) is 144. The Kier molecular flexibility index (Phi) is 116. The highest BCUT2D eigenvalue weighted by atomic mass is 32.2. The van der Waals surface area contributed by atoms with Crippen LogP contribution < -0.4 is 0 Å². The van der Waals surface area contributed by atoms with E-state index in [-0.39, 0.29) is 109 Å². The van der Waals surface area contributed by atoms with Crippen LogP contribution in [0, 0.1) is 0 Å². The molecule has 0 spiro atoms. The van der Waals surface area contributed by atoms with Crippen molar-refractivity contribution in [3.05, 3.63) is 0 Å². The number of ketones is 1. The Morgan fingerprint density at radius 2 is 0.689 bits per heavy atom. The van der Waals surface area contributed by atoms with E-state index in [1.54, 1.807) is 81.6 Å². The van der Waals surface area contributed by atoms with Crippen LogP contribution in [-0.4, -0.2) is 269 Å². The zero-order chi connectivity index (χ0) is 82.2. The summed E-state index contributed by atoms with van der Waals surface area (Å²) in [5, 5.41) is 0. The number of thioether (sulfide) groups is 2. The lowest BCUT2D eigenvalue weighted by Crippen LogP contribution is -2.19. The molecule has 3 atom stereocenters. The molecule has 38 nitrogen and oxygen atoms in total. The second kappa shape index (κ2) is 99.2. The van der Waals surface area contributed by atoms with Gasteiger partial charge in [-0.25, -0.2) is 19.2 Å². The molecule has 3 unspecified atom stereocenters. The molecule has 0 heterocycles. The Hall–Kier alpha value is -6.96. The Morgan fingerprint density at radius 1 is 0.311 bits per heavy atom. The molecule has 0 saturated carbocycles. The number of hydrogen-bond acceptors (Lipinski definition) is 40. The summed E-state index contributed by atoms with van der Waals surface area (Å²) in [7, 11) is 9.19. The van der Waals surface area contributed by atoms with Gasteiger partial charge in [-0.05, 0) is 68.6 Å². The summed E-state index contributed by atoms with van der Waals surface area (Å²) in [6, 6.07) is 0. The molecule has 103 heavy (non-hydrogen) atoms. The summed E-state index contributed by atoms with van der Waals surface area (Å²) >= 11 is 3.14. The zero-order valence-electron chi connectivity index (χ0n) is 65.1. The molecule has 0 aromatic carbocycles. The molecule has 0 fully saturated rings. The normalized spacial score (nSPS) is 10.0. The topological polar surface area (TPSA) is 461 Å². The summed E-state index contributed by atoms with van der Waals surface area (Å²) in [6.07, 6.45) is 1.83. The maximum absolute atomic E-state index is 10.6. The van der Waals surface area contributed by atoms with Crippen molar-refractivity contribution in [2.45, 2.75) is 169 Å². The van der Waals surface area contributed by atoms with Crippen molar-refractivity contribution in [2.24, 2.45) is 0 Å². The predicted molar refractivity (Wildman–Crippen MR) is 368 cm³/mol. The fraction of sp³-hybridized carbons (Fsp3) is 0.778. The summed E-state index contributed by atoms with van der Waals surface area (Å²) in [6.45, 7) is 30.9. The van der Waals surface area contributed by atoms with E-state index in [0.29, 0.717) is 63.2 Å². The first-order valence-corrected chi connectivity index (χ1v) is 33.3. The van der Waals surface area contributed by atoms with Gasteiger partial charge in [0.2, 0.25) is 13.6 Å². The van der Waals surface area contributed by atoms with Crippen LogP contribution in [-0.2, 0) is 181 Å². The highest BCUT2D eigenvalue weighted by molar-refractivity contribution is 7.99. The number of esters is 13. The summed E-state index contributed by atoms with van der Waals surface area (Å²) in [5.74, 6) is -4.67. The van der Waals surface area contributed by atoms with Gasteiger partial charge in [0.15, 0.2) is 64.9 Å². The van der Waals surface area contributed by atoms with Gasteiger partial charge in [0.1, 0.15) is 19.2 Å². The number of carbonyl (C=O) groups is 14. The van der Waals surface area contributed by atoms with Crippen LogP contribution in [0.15, 0.2) is 0 Å². The van der Waals surface area contributed by atoms with Crippen LogP contribution in [0.5, 0.6) is 0 Å². The van der Waals surface area contributed by atoms with Crippen LogP contribution in [0.4, 0.5) is 0 Å². The molecule has 0 N–H and O–H groups in total. The molecule has 0 aromatic heterocycles. The lowest BCUT2D eigenvalue weighted by molar-refractivity contribution is -0.169. The molecule has 0 rings (SSSR count). The fourth-order valence-corrected chi connectivity index (χ4v) is 3.96. The van der Waals surface area contributed by atoms with Gasteiger partial charge < -0.3 is 114 Å². The van der Waals surface area contributed by atoms with Crippen LogP contribution in [0.1, 0.15) is 144 Å². The second-order valence-corrected chi connectivity index (χ2v) is 19.1. The molecule has 0 aliphatic carbocycles. The Balaban J connectivity index is -0.000000101. The van der Waals surface area contributed by atoms with E-state index in [9.17, 15) is 67.1 Å². The van der Waals surface area contributed by atoms with Gasteiger partial charge in [0, 0.05) is 130 Å². The highest BCUT2D eigenvalue weighted by Crippen LogP contribution is 2.03. The summed E-state index contributed by atoms with van der Waals surface area (Å²) < 4.78 is 110. The highest BCUT2D eigenvalue weighted by Gasteiger charge is 2.10. The van der Waals surface area contributed by atoms with E-state index in [1.165, 1.54) is 88.5 Å². The van der Waals surface area contributed by atoms with E-state index in [4.69, 9.17) is 33.2 Å². The molecule has 0 aromatic rings. The van der Waals surface area contributed by atoms with Gasteiger partial charge in [-0.3, -0.25) is 47.9 Å². The van der Waals surface area contributed by atoms with E-state index in [1.807, 2.05) is 34.0 Å². The first kappa shape index (κ1) is 120. The van der Waals surface area contributed by atoms with Crippen molar-refractivity contribution in [2.75, 3.05) is 161 Å². The van der Waals surface area contributed by atoms with Crippen molar-refractivity contribution in [1.29, 1.82) is 0 Å². The third-order valence-corrected chi connectivity index (χ3v) is 10.1. The minimum atomic E-state index is -0.612. The molecular weight excluding hydrogens is 1430 g/mol. The number of carbonyl (C=O) groups excluding carboxylic acids is 14. The van der Waals surface area contributed by atoms with Crippen LogP contribution in [0.3, 0.4) is 0 Å². The maximum Gasteiger partial charge on any atom is 0.346 e. The Morgan fingerprint density at radius 3 is 1.00 bits per heavy atom. The van der Waals surface area contributed by atoms with Crippen LogP contribution in [0.2, 0.25) is 0 Å². The van der Waals surface area contributed by atoms with Crippen molar-refractivity contribution >= 4 is 107 Å². The van der Waals surface area contributed by atoms with Gasteiger partial charge in [0.05, 0.1) is 25.1 Å². The molecule has 0 bridgehead atoms. The minimum Gasteiger partial charge on any atom is -0.467 e. The van der Waals surface area contributed by atoms with Crippen molar-refractivity contribution in [3.8, 4) is 0 Å². The second-order valence-electron chi connectivity index (χ2n) is 17.0. The van der Waals surface area contributed by atoms with Crippen molar-refractivity contribution < 1.29 is 181 Å². The zero-order valence-corrected chi connectivity index (χ0v) is 66.7. The first-order valence-electron chi connectivity index (χ1n) is 30.9. The smallest absolute Gasteiger partial charge is 0.346 e. The molecule has 0 amide bonds. The van der Waals surface area contributed by atoms with E-state index in [2.05, 4.69) is 80.5 Å². The molecule has 0 radical (unpaired) electrons. The Bertz CT molecular complexity index is 2030. The van der Waals surface area contributed by atoms with Crippen LogP contribution >= 0.6 is 23.5 Å². The first-order chi connectivity index (χ1) is 48.4. The standard InChI is InChI=1S/2C7H12O5.C7H12O4.C6H12O4.2C6H10O4.C6H12O3S.2C5H10O3.C4H10O2.C4H10OS/c1-3-10-5-12-7(9)4-11-6(2)8;1-3-10-4-7(9)12-5-11-6(2)8;1-3-7(9)4-10-5-11-6(2)8;1-3-8-4-9-5-10-6(2)7;1-3-9-6(8)4-10-5(2)7;1-3-6(8)10-4-9-5(2)7;1-3-8-4-10-5-9-6(2)7;1-4(7-2)5(6)8-3;1-4(6)8-5(2)7-3;2*1-4(5-2)6-3/h2*3-5H2,1-2H3;3-5H2,1-2H3;3-5H2,1-2H3;2*3-4H2,1-2H3;3-5H2,1-2H3;4H,1-3H3;5H,1-3H3;2*4H,1-3H3. The molecular formula is C63H120O38S2. The van der Waals surface area contributed by atoms with E-state index >= 15 is 0 Å². The van der Waals surface area contributed by atoms with Gasteiger partial charge >= 0.3 is 77.6 Å². The number of methoxy groups -OCH3 is 6. The SMILES string of the molecule is CCC(=O)COCOC(C)=O.CCC(=O)OCOC(C)=O.CCOC(=O)COC(C)=O.CCOCC(=O)OCOC(C)=O.CCOCOC(=O)COC(C)=O.CCOCOCOC(C)=O.CCOCSCOC(C)=O.COC(=O)C(C)OC.COC(C)OC.COC(C)OC(C)=O.COC(C)SC. The molecule has 0 aliphatic heterocycles. The van der Waals surface area contributed by atoms with Gasteiger partial charge in [-0.2, -0.15) is 0 Å². The van der Waals surface area contributed by atoms with Crippen molar-refractivity contribution in [3.63, 3.8) is 0 Å². The van der Waals surface area contributed by atoms with E-state index < -0.39 is 60.1 Å². The van der Waals surface area contributed by atoms with Gasteiger partial charge in [-0.15, -0.1) is 11.8 Å². The van der Waals surface area contributed by atoms with Gasteiger partial charge in [0.25, 0.3) is 0 Å². The average molecular weight is 1550 g/mol. The third kappa shape index (κ3) is 150. The summed E-state index contributed by atoms with van der Waals surface area (Å²) in [5.41, 5.74) is 0.352. The average Bonchev–Trinajstić information content (AvgIpc) is 2.70. The molecule has 0 saturated heterocycles. The Labute approximate surface area is 615 Å². The fourth-order valence-electron chi connectivity index (χ4n) is 3.16. The molecule has 40 heteroatoms. The number of ether oxygens (including phenoxy) is 24. The maximum atomic E-state index is 10.6. The number of hydrogen-bond donors (Lipinski definition) is 0. The lowest BCUT2D eigenvalue weighted by Gasteiger charge is -2.07. The van der Waals surface area contributed by atoms with Gasteiger partial charge in [-0.1, -0.05) is 25.6 Å². The predicted octanol–water partition coefficient (Wildman–Crippen LogP) is 5.70. The number of Topliss-reactive ketones (excluding diaryl/α,β-unsaturated/α-hetero) is 1. The lowest BCUT2D eigenvalue weighted by atomic mass is 10.3. The third-order valence-electron chi connectivity index (χ3n) is 8.59. The van der Waals surface area contributed by atoms with Crippen LogP contribution in [0.25, 0.3) is 0 Å². The van der Waals surface area contributed by atoms with Crippen molar-refractivity contribution in [1.82, 2.24) is 0 Å². The number of rotatable bonds is 39. The van der Waals surface area contributed by atoms with E-state index in [0.717, 1.165) is 0 Å². The molecule has 0 aliphatic rings. The minimum absolute atomic E-state index is 0.00264. The quantitative estimate of drug-likeness (QED) is 0.0308. The largest absolute Gasteiger partial charge is 0.467 e.